The normalized spacial score (nSPS) is 17.4. The summed E-state index contributed by atoms with van der Waals surface area (Å²) in [7, 11) is 1.84. The molecule has 0 aliphatic carbocycles. The Morgan fingerprint density at radius 2 is 2.27 bits per heavy atom. The van der Waals surface area contributed by atoms with E-state index in [0.717, 1.165) is 12.1 Å². The van der Waals surface area contributed by atoms with Crippen molar-refractivity contribution in [1.82, 2.24) is 15.0 Å². The van der Waals surface area contributed by atoms with Crippen molar-refractivity contribution < 1.29 is 4.74 Å². The number of aromatic nitrogens is 3. The van der Waals surface area contributed by atoms with Crippen molar-refractivity contribution >= 4 is 0 Å². The van der Waals surface area contributed by atoms with E-state index in [1.807, 2.05) is 20.9 Å². The summed E-state index contributed by atoms with van der Waals surface area (Å²) < 4.78 is 7.42. The maximum atomic E-state index is 6.19. The first-order chi connectivity index (χ1) is 7.05. The highest BCUT2D eigenvalue weighted by Gasteiger charge is 2.33. The first-order valence-electron chi connectivity index (χ1n) is 5.29. The monoisotopic (exact) mass is 212 g/mol. The summed E-state index contributed by atoms with van der Waals surface area (Å²) in [6.07, 6.45) is 2.55. The van der Waals surface area contributed by atoms with Crippen LogP contribution in [0.5, 0.6) is 0 Å². The van der Waals surface area contributed by atoms with Gasteiger partial charge < -0.3 is 10.5 Å². The second-order valence-corrected chi connectivity index (χ2v) is 3.86. The highest BCUT2D eigenvalue weighted by molar-refractivity contribution is 5.07. The number of nitrogens with two attached hydrogens (primary N) is 1. The average Bonchev–Trinajstić information content (AvgIpc) is 2.63. The van der Waals surface area contributed by atoms with Gasteiger partial charge in [-0.3, -0.25) is 4.68 Å². The Balaban J connectivity index is 2.91. The molecule has 2 atom stereocenters. The van der Waals surface area contributed by atoms with Crippen molar-refractivity contribution in [2.75, 3.05) is 6.61 Å². The maximum absolute atomic E-state index is 6.19. The van der Waals surface area contributed by atoms with Crippen LogP contribution < -0.4 is 5.73 Å². The number of ether oxygens (including phenoxy) is 1. The van der Waals surface area contributed by atoms with Gasteiger partial charge in [-0.25, -0.2) is 0 Å². The zero-order valence-electron chi connectivity index (χ0n) is 9.90. The molecule has 2 N–H and O–H groups in total. The van der Waals surface area contributed by atoms with Gasteiger partial charge in [0.1, 0.15) is 0 Å². The molecule has 0 bridgehead atoms. The Morgan fingerprint density at radius 3 is 2.67 bits per heavy atom. The molecule has 5 heteroatoms. The Hall–Kier alpha value is -0.940. The zero-order chi connectivity index (χ0) is 11.5. The molecular formula is C10H20N4O. The lowest BCUT2D eigenvalue weighted by molar-refractivity contribution is -0.0488. The highest BCUT2D eigenvalue weighted by Crippen LogP contribution is 2.29. The fourth-order valence-corrected chi connectivity index (χ4v) is 1.63. The Kier molecular flexibility index (Phi) is 3.82. The molecule has 1 aromatic heterocycles. The molecule has 0 aliphatic heterocycles. The number of hydrogen-bond acceptors (Lipinski definition) is 4. The van der Waals surface area contributed by atoms with Gasteiger partial charge in [0, 0.05) is 13.7 Å². The van der Waals surface area contributed by atoms with E-state index in [2.05, 4.69) is 17.2 Å². The zero-order valence-corrected chi connectivity index (χ0v) is 9.90. The van der Waals surface area contributed by atoms with Crippen LogP contribution in [0.1, 0.15) is 38.9 Å². The number of rotatable bonds is 5. The molecule has 0 saturated heterocycles. The highest BCUT2D eigenvalue weighted by atomic mass is 16.5. The summed E-state index contributed by atoms with van der Waals surface area (Å²) in [6, 6.07) is -0.206. The summed E-state index contributed by atoms with van der Waals surface area (Å²) in [5.74, 6) is 0. The van der Waals surface area contributed by atoms with E-state index in [-0.39, 0.29) is 11.6 Å². The molecule has 1 rings (SSSR count). The molecule has 0 saturated carbocycles. The first kappa shape index (κ1) is 12.1. The predicted molar refractivity (Wildman–Crippen MR) is 58.3 cm³/mol. The lowest BCUT2D eigenvalue weighted by Crippen LogP contribution is -2.41. The molecule has 5 nitrogen and oxygen atoms in total. The molecule has 0 radical (unpaired) electrons. The van der Waals surface area contributed by atoms with Crippen LogP contribution in [0.15, 0.2) is 6.20 Å². The van der Waals surface area contributed by atoms with Crippen molar-refractivity contribution in [1.29, 1.82) is 0 Å². The number of nitrogens with zero attached hydrogens (tertiary/aromatic N) is 3. The summed E-state index contributed by atoms with van der Waals surface area (Å²) in [5, 5.41) is 7.70. The van der Waals surface area contributed by atoms with Gasteiger partial charge in [-0.1, -0.05) is 12.1 Å². The molecule has 15 heavy (non-hydrogen) atoms. The van der Waals surface area contributed by atoms with Gasteiger partial charge >= 0.3 is 0 Å². The van der Waals surface area contributed by atoms with Crippen LogP contribution in [0.2, 0.25) is 0 Å². The fraction of sp³-hybridized carbons (Fsp3) is 0.800. The Labute approximate surface area is 90.6 Å². The van der Waals surface area contributed by atoms with Gasteiger partial charge in [0.05, 0.1) is 23.5 Å². The molecule has 0 fully saturated rings. The molecule has 1 aromatic rings. The Bertz CT molecular complexity index is 312. The van der Waals surface area contributed by atoms with E-state index in [1.165, 1.54) is 0 Å². The molecule has 2 unspecified atom stereocenters. The van der Waals surface area contributed by atoms with Crippen LogP contribution >= 0.6 is 0 Å². The SMILES string of the molecule is CCOC(C)(CC)C(N)c1cnnn1C. The van der Waals surface area contributed by atoms with Gasteiger partial charge in [-0.2, -0.15) is 0 Å². The average molecular weight is 212 g/mol. The third-order valence-electron chi connectivity index (χ3n) is 2.90. The second kappa shape index (κ2) is 4.72. The summed E-state index contributed by atoms with van der Waals surface area (Å²) in [6.45, 7) is 6.72. The van der Waals surface area contributed by atoms with Crippen LogP contribution in [-0.4, -0.2) is 27.2 Å². The fourth-order valence-electron chi connectivity index (χ4n) is 1.63. The summed E-state index contributed by atoms with van der Waals surface area (Å²) >= 11 is 0. The minimum absolute atomic E-state index is 0.206. The lowest BCUT2D eigenvalue weighted by Gasteiger charge is -2.34. The van der Waals surface area contributed by atoms with Crippen molar-refractivity contribution in [2.24, 2.45) is 12.8 Å². The van der Waals surface area contributed by atoms with Crippen molar-refractivity contribution in [2.45, 2.75) is 38.8 Å². The minimum Gasteiger partial charge on any atom is -0.374 e. The van der Waals surface area contributed by atoms with Gasteiger partial charge in [-0.05, 0) is 20.3 Å². The molecular weight excluding hydrogens is 192 g/mol. The van der Waals surface area contributed by atoms with Gasteiger partial charge in [0.15, 0.2) is 0 Å². The lowest BCUT2D eigenvalue weighted by atomic mass is 9.91. The van der Waals surface area contributed by atoms with Gasteiger partial charge in [-0.15, -0.1) is 5.10 Å². The summed E-state index contributed by atoms with van der Waals surface area (Å²) in [5.41, 5.74) is 6.73. The first-order valence-corrected chi connectivity index (χ1v) is 5.29. The third-order valence-corrected chi connectivity index (χ3v) is 2.90. The van der Waals surface area contributed by atoms with Crippen molar-refractivity contribution in [3.8, 4) is 0 Å². The standard InChI is InChI=1S/C10H20N4O/c1-5-10(3,15-6-2)9(11)8-7-12-13-14(8)4/h7,9H,5-6,11H2,1-4H3. The minimum atomic E-state index is -0.357. The quantitative estimate of drug-likeness (QED) is 0.791. The molecule has 0 aromatic carbocycles. The Morgan fingerprint density at radius 1 is 1.60 bits per heavy atom. The third kappa shape index (κ3) is 2.35. The van der Waals surface area contributed by atoms with Crippen LogP contribution in [0.25, 0.3) is 0 Å². The number of hydrogen-bond donors (Lipinski definition) is 1. The molecule has 86 valence electrons. The molecule has 0 aliphatic rings. The van der Waals surface area contributed by atoms with Crippen LogP contribution in [0.4, 0.5) is 0 Å². The van der Waals surface area contributed by atoms with E-state index in [4.69, 9.17) is 10.5 Å². The van der Waals surface area contributed by atoms with E-state index in [1.54, 1.807) is 10.9 Å². The van der Waals surface area contributed by atoms with E-state index < -0.39 is 0 Å². The molecule has 0 amide bonds. The smallest absolute Gasteiger partial charge is 0.0859 e. The van der Waals surface area contributed by atoms with Crippen molar-refractivity contribution in [3.05, 3.63) is 11.9 Å². The summed E-state index contributed by atoms with van der Waals surface area (Å²) in [4.78, 5) is 0. The molecule has 1 heterocycles. The van der Waals surface area contributed by atoms with E-state index in [9.17, 15) is 0 Å². The van der Waals surface area contributed by atoms with Gasteiger partial charge in [0.2, 0.25) is 0 Å². The predicted octanol–water partition coefficient (Wildman–Crippen LogP) is 1.02. The number of aryl methyl sites for hydroxylation is 1. The van der Waals surface area contributed by atoms with Gasteiger partial charge in [0.25, 0.3) is 0 Å². The van der Waals surface area contributed by atoms with Crippen LogP contribution in [0.3, 0.4) is 0 Å². The topological polar surface area (TPSA) is 66.0 Å². The van der Waals surface area contributed by atoms with E-state index >= 15 is 0 Å². The second-order valence-electron chi connectivity index (χ2n) is 3.86. The molecule has 0 spiro atoms. The van der Waals surface area contributed by atoms with Crippen LogP contribution in [-0.2, 0) is 11.8 Å². The largest absolute Gasteiger partial charge is 0.374 e. The van der Waals surface area contributed by atoms with Crippen LogP contribution in [0, 0.1) is 0 Å². The maximum Gasteiger partial charge on any atom is 0.0859 e. The van der Waals surface area contributed by atoms with E-state index in [0.29, 0.717) is 6.61 Å². The van der Waals surface area contributed by atoms with Crippen molar-refractivity contribution in [3.63, 3.8) is 0 Å².